The number of aryl methyl sites for hydroxylation is 2. The number of hydrogen-bond acceptors (Lipinski definition) is 5. The summed E-state index contributed by atoms with van der Waals surface area (Å²) in [5, 5.41) is 12.4. The molecule has 2 heterocycles. The summed E-state index contributed by atoms with van der Waals surface area (Å²) in [5.41, 5.74) is 6.36. The van der Waals surface area contributed by atoms with Gasteiger partial charge in [0.15, 0.2) is 11.4 Å². The molecule has 0 fully saturated rings. The van der Waals surface area contributed by atoms with Gasteiger partial charge in [-0.15, -0.1) is 0 Å². The fourth-order valence-corrected chi connectivity index (χ4v) is 3.15. The number of carbonyl (C=O) groups is 2. The van der Waals surface area contributed by atoms with Gasteiger partial charge in [-0.25, -0.2) is 4.68 Å². The molecular formula is C20H18N6O3. The Kier molecular flexibility index (Phi) is 4.55. The van der Waals surface area contributed by atoms with Crippen molar-refractivity contribution >= 4 is 33.5 Å². The van der Waals surface area contributed by atoms with Crippen molar-refractivity contribution in [2.24, 2.45) is 0 Å². The number of benzene rings is 2. The summed E-state index contributed by atoms with van der Waals surface area (Å²) in [6.45, 7) is 3.99. The zero-order valence-corrected chi connectivity index (χ0v) is 15.8. The number of amides is 2. The maximum absolute atomic E-state index is 12.7. The highest BCUT2D eigenvalue weighted by Crippen LogP contribution is 2.17. The highest BCUT2D eigenvalue weighted by Gasteiger charge is 2.19. The summed E-state index contributed by atoms with van der Waals surface area (Å²) in [4.78, 5) is 37.6. The molecule has 0 radical (unpaired) electrons. The molecule has 9 heteroatoms. The average Bonchev–Trinajstić information content (AvgIpc) is 3.15. The molecule has 0 aliphatic heterocycles. The molecule has 2 aromatic heterocycles. The summed E-state index contributed by atoms with van der Waals surface area (Å²) in [6.07, 6.45) is 0. The molecule has 4 aromatic rings. The Hall–Kier alpha value is -4.01. The van der Waals surface area contributed by atoms with E-state index in [0.717, 1.165) is 11.1 Å². The number of rotatable bonds is 3. The molecule has 0 spiro atoms. The van der Waals surface area contributed by atoms with Crippen LogP contribution in [-0.2, 0) is 6.54 Å². The van der Waals surface area contributed by atoms with E-state index in [0.29, 0.717) is 22.7 Å². The molecular weight excluding hydrogens is 372 g/mol. The summed E-state index contributed by atoms with van der Waals surface area (Å²) >= 11 is 0. The van der Waals surface area contributed by atoms with Gasteiger partial charge < -0.3 is 0 Å². The maximum atomic E-state index is 12.7. The van der Waals surface area contributed by atoms with Gasteiger partial charge in [-0.3, -0.25) is 30.3 Å². The monoisotopic (exact) mass is 390 g/mol. The minimum Gasteiger partial charge on any atom is -0.277 e. The maximum Gasteiger partial charge on any atom is 0.290 e. The Bertz CT molecular complexity index is 1320. The number of hydrazine groups is 1. The zero-order chi connectivity index (χ0) is 20.5. The third-order valence-electron chi connectivity index (χ3n) is 4.61. The van der Waals surface area contributed by atoms with Crippen molar-refractivity contribution < 1.29 is 9.59 Å². The number of aromatic nitrogens is 4. The van der Waals surface area contributed by atoms with Gasteiger partial charge in [0.25, 0.3) is 17.4 Å². The highest BCUT2D eigenvalue weighted by molar-refractivity contribution is 6.08. The molecule has 3 N–H and O–H groups in total. The predicted molar refractivity (Wildman–Crippen MR) is 107 cm³/mol. The van der Waals surface area contributed by atoms with E-state index in [-0.39, 0.29) is 16.9 Å². The second-order valence-electron chi connectivity index (χ2n) is 6.54. The van der Waals surface area contributed by atoms with Gasteiger partial charge in [-0.1, -0.05) is 29.8 Å². The van der Waals surface area contributed by atoms with Crippen LogP contribution in [0.15, 0.2) is 47.3 Å². The van der Waals surface area contributed by atoms with E-state index in [2.05, 4.69) is 26.1 Å². The van der Waals surface area contributed by atoms with Crippen molar-refractivity contribution in [3.05, 3.63) is 69.8 Å². The lowest BCUT2D eigenvalue weighted by atomic mass is 10.1. The van der Waals surface area contributed by atoms with Gasteiger partial charge in [0, 0.05) is 17.3 Å². The van der Waals surface area contributed by atoms with Crippen LogP contribution in [0.5, 0.6) is 0 Å². The van der Waals surface area contributed by atoms with E-state index in [4.69, 9.17) is 0 Å². The van der Waals surface area contributed by atoms with Crippen molar-refractivity contribution in [2.75, 3.05) is 0 Å². The molecule has 0 unspecified atom stereocenters. The van der Waals surface area contributed by atoms with E-state index < -0.39 is 11.8 Å². The van der Waals surface area contributed by atoms with Crippen LogP contribution in [0.2, 0.25) is 0 Å². The van der Waals surface area contributed by atoms with Gasteiger partial charge in [0.1, 0.15) is 0 Å². The van der Waals surface area contributed by atoms with Gasteiger partial charge in [-0.2, -0.15) is 10.2 Å². The third-order valence-corrected chi connectivity index (χ3v) is 4.61. The summed E-state index contributed by atoms with van der Waals surface area (Å²) in [5.74, 6) is -1.20. The molecule has 9 nitrogen and oxygen atoms in total. The van der Waals surface area contributed by atoms with Gasteiger partial charge in [0.05, 0.1) is 10.9 Å². The third kappa shape index (κ3) is 3.22. The van der Waals surface area contributed by atoms with Crippen molar-refractivity contribution in [1.29, 1.82) is 0 Å². The molecule has 2 amide bonds. The standard InChI is InChI=1S/C20H18N6O3/c1-3-26-20(29)13-7-5-4-6-12(13)17(25-26)19(28)24-23-18(27)16-14-10-11(2)8-9-15(14)21-22-16/h4-10H,3H2,1-2H3,(H,21,22)(H,23,27)(H,24,28). The lowest BCUT2D eigenvalue weighted by Crippen LogP contribution is -2.43. The van der Waals surface area contributed by atoms with Crippen LogP contribution in [-0.4, -0.2) is 31.8 Å². The van der Waals surface area contributed by atoms with Crippen LogP contribution >= 0.6 is 0 Å². The van der Waals surface area contributed by atoms with Crippen LogP contribution in [0, 0.1) is 6.92 Å². The Balaban J connectivity index is 1.62. The topological polar surface area (TPSA) is 122 Å². The van der Waals surface area contributed by atoms with Gasteiger partial charge in [-0.05, 0) is 32.0 Å². The fraction of sp³-hybridized carbons (Fsp3) is 0.150. The van der Waals surface area contributed by atoms with Crippen molar-refractivity contribution in [1.82, 2.24) is 30.8 Å². The Morgan fingerprint density at radius 2 is 1.69 bits per heavy atom. The number of aromatic amines is 1. The molecule has 2 aromatic carbocycles. The molecule has 146 valence electrons. The Morgan fingerprint density at radius 1 is 1.00 bits per heavy atom. The number of H-pyrrole nitrogens is 1. The second kappa shape index (κ2) is 7.19. The second-order valence-corrected chi connectivity index (χ2v) is 6.54. The predicted octanol–water partition coefficient (Wildman–Crippen LogP) is 1.68. The first kappa shape index (κ1) is 18.4. The smallest absolute Gasteiger partial charge is 0.277 e. The molecule has 0 atom stereocenters. The van der Waals surface area contributed by atoms with E-state index in [9.17, 15) is 14.4 Å². The number of carbonyl (C=O) groups excluding carboxylic acids is 2. The van der Waals surface area contributed by atoms with Crippen molar-refractivity contribution in [3.63, 3.8) is 0 Å². The molecule has 0 aliphatic rings. The number of fused-ring (bicyclic) bond motifs is 2. The Morgan fingerprint density at radius 3 is 2.41 bits per heavy atom. The minimum atomic E-state index is -0.632. The van der Waals surface area contributed by atoms with Crippen molar-refractivity contribution in [3.8, 4) is 0 Å². The normalized spacial score (nSPS) is 11.0. The first-order valence-corrected chi connectivity index (χ1v) is 9.05. The first-order valence-electron chi connectivity index (χ1n) is 9.05. The van der Waals surface area contributed by atoms with Crippen molar-refractivity contribution in [2.45, 2.75) is 20.4 Å². The van der Waals surface area contributed by atoms with Crippen LogP contribution in [0.3, 0.4) is 0 Å². The van der Waals surface area contributed by atoms with Crippen LogP contribution in [0.1, 0.15) is 33.5 Å². The van der Waals surface area contributed by atoms with Crippen LogP contribution in [0.4, 0.5) is 0 Å². The van der Waals surface area contributed by atoms with Gasteiger partial charge >= 0.3 is 0 Å². The van der Waals surface area contributed by atoms with E-state index in [1.165, 1.54) is 4.68 Å². The minimum absolute atomic E-state index is 0.0464. The van der Waals surface area contributed by atoms with E-state index in [1.807, 2.05) is 25.1 Å². The molecule has 4 rings (SSSR count). The molecule has 0 saturated heterocycles. The van der Waals surface area contributed by atoms with Crippen LogP contribution < -0.4 is 16.4 Å². The average molecular weight is 390 g/mol. The number of hydrogen-bond donors (Lipinski definition) is 3. The molecule has 0 bridgehead atoms. The van der Waals surface area contributed by atoms with E-state index in [1.54, 1.807) is 31.2 Å². The Labute approximate surface area is 164 Å². The first-order chi connectivity index (χ1) is 14.0. The quantitative estimate of drug-likeness (QED) is 0.460. The molecule has 0 aliphatic carbocycles. The van der Waals surface area contributed by atoms with E-state index >= 15 is 0 Å². The molecule has 29 heavy (non-hydrogen) atoms. The summed E-state index contributed by atoms with van der Waals surface area (Å²) in [6, 6.07) is 12.3. The van der Waals surface area contributed by atoms with Gasteiger partial charge in [0.2, 0.25) is 0 Å². The SMILES string of the molecule is CCn1nc(C(=O)NNC(=O)c2n[nH]c3ccc(C)cc23)c2ccccc2c1=O. The number of nitrogens with zero attached hydrogens (tertiary/aromatic N) is 3. The lowest BCUT2D eigenvalue weighted by molar-refractivity contribution is 0.0842. The summed E-state index contributed by atoms with van der Waals surface area (Å²) in [7, 11) is 0. The fourth-order valence-electron chi connectivity index (χ4n) is 3.15. The number of nitrogens with one attached hydrogen (secondary N) is 3. The molecule has 0 saturated carbocycles. The highest BCUT2D eigenvalue weighted by atomic mass is 16.2. The van der Waals surface area contributed by atoms with Crippen LogP contribution in [0.25, 0.3) is 21.7 Å². The largest absolute Gasteiger partial charge is 0.290 e. The summed E-state index contributed by atoms with van der Waals surface area (Å²) < 4.78 is 1.21. The zero-order valence-electron chi connectivity index (χ0n) is 15.8. The lowest BCUT2D eigenvalue weighted by Gasteiger charge is -2.10.